The lowest BCUT2D eigenvalue weighted by Gasteiger charge is -2.26. The van der Waals surface area contributed by atoms with Gasteiger partial charge in [-0.05, 0) is 48.0 Å². The van der Waals surface area contributed by atoms with Crippen LogP contribution in [0, 0.1) is 5.92 Å². The van der Waals surface area contributed by atoms with Gasteiger partial charge in [0, 0.05) is 5.57 Å². The van der Waals surface area contributed by atoms with Crippen LogP contribution >= 0.6 is 0 Å². The molecule has 0 aliphatic rings. The van der Waals surface area contributed by atoms with Gasteiger partial charge < -0.3 is 14.2 Å². The normalized spacial score (nSPS) is 14.1. The predicted octanol–water partition coefficient (Wildman–Crippen LogP) is 4.66. The highest BCUT2D eigenvalue weighted by Gasteiger charge is 2.60. The molecule has 0 amide bonds. The average molecular weight is 464 g/mol. The van der Waals surface area contributed by atoms with E-state index < -0.39 is 71.9 Å². The molecule has 0 N–H and O–H groups in total. The molecule has 0 saturated heterocycles. The van der Waals surface area contributed by atoms with Gasteiger partial charge in [-0.25, -0.2) is 4.79 Å². The van der Waals surface area contributed by atoms with Crippen LogP contribution < -0.4 is 0 Å². The average Bonchev–Trinajstić information content (AvgIpc) is 2.45. The standard InChI is InChI=1S/C19H26F6O6/c1-10(13(27)29-15(18(20,21)22)19(23,24)25)8-11(14(28)31-17(5,6)7)9-12(26)30-16(2,3)4/h11,15H,1,8-9H2,2-7H3. The quantitative estimate of drug-likeness (QED) is 0.236. The Labute approximate surface area is 175 Å². The fraction of sp³-hybridized carbons (Fsp3) is 0.737. The van der Waals surface area contributed by atoms with Gasteiger partial charge >= 0.3 is 30.3 Å². The summed E-state index contributed by atoms with van der Waals surface area (Å²) in [6, 6.07) is 0. The molecule has 0 fully saturated rings. The van der Waals surface area contributed by atoms with Gasteiger partial charge in [-0.1, -0.05) is 6.58 Å². The molecule has 0 spiro atoms. The Morgan fingerprint density at radius 1 is 0.774 bits per heavy atom. The van der Waals surface area contributed by atoms with E-state index in [0.29, 0.717) is 0 Å². The lowest BCUT2D eigenvalue weighted by atomic mass is 9.96. The van der Waals surface area contributed by atoms with E-state index in [1.165, 1.54) is 41.5 Å². The predicted molar refractivity (Wildman–Crippen MR) is 95.5 cm³/mol. The number of ether oxygens (including phenoxy) is 3. The summed E-state index contributed by atoms with van der Waals surface area (Å²) in [6.07, 6.45) is -17.6. The van der Waals surface area contributed by atoms with Crippen molar-refractivity contribution < 1.29 is 54.9 Å². The van der Waals surface area contributed by atoms with Crippen LogP contribution in [0.4, 0.5) is 26.3 Å². The summed E-state index contributed by atoms with van der Waals surface area (Å²) < 4.78 is 89.2. The van der Waals surface area contributed by atoms with E-state index in [1.54, 1.807) is 0 Å². The van der Waals surface area contributed by atoms with E-state index in [9.17, 15) is 40.7 Å². The van der Waals surface area contributed by atoms with Gasteiger partial charge in [-0.2, -0.15) is 26.3 Å². The third-order valence-corrected chi connectivity index (χ3v) is 3.17. The van der Waals surface area contributed by atoms with Gasteiger partial charge in [0.15, 0.2) is 0 Å². The van der Waals surface area contributed by atoms with E-state index >= 15 is 0 Å². The van der Waals surface area contributed by atoms with Crippen molar-refractivity contribution in [3.8, 4) is 0 Å². The summed E-state index contributed by atoms with van der Waals surface area (Å²) in [7, 11) is 0. The van der Waals surface area contributed by atoms with Crippen molar-refractivity contribution in [1.29, 1.82) is 0 Å². The maximum Gasteiger partial charge on any atom is 0.434 e. The van der Waals surface area contributed by atoms with Gasteiger partial charge in [0.2, 0.25) is 0 Å². The molecule has 0 saturated carbocycles. The largest absolute Gasteiger partial charge is 0.460 e. The first kappa shape index (κ1) is 28.7. The molecule has 1 atom stereocenters. The molecule has 31 heavy (non-hydrogen) atoms. The van der Waals surface area contributed by atoms with Crippen LogP contribution in [-0.2, 0) is 28.6 Å². The van der Waals surface area contributed by atoms with Crippen molar-refractivity contribution in [2.45, 2.75) is 84.0 Å². The first-order valence-corrected chi connectivity index (χ1v) is 9.00. The van der Waals surface area contributed by atoms with Crippen LogP contribution in [0.1, 0.15) is 54.4 Å². The molecule has 6 nitrogen and oxygen atoms in total. The molecule has 0 aliphatic carbocycles. The molecule has 0 radical (unpaired) electrons. The number of alkyl halides is 6. The minimum Gasteiger partial charge on any atom is -0.460 e. The summed E-state index contributed by atoms with van der Waals surface area (Å²) >= 11 is 0. The maximum absolute atomic E-state index is 12.6. The lowest BCUT2D eigenvalue weighted by Crippen LogP contribution is -2.45. The van der Waals surface area contributed by atoms with Crippen molar-refractivity contribution in [3.05, 3.63) is 12.2 Å². The molecule has 0 aromatic rings. The van der Waals surface area contributed by atoms with Gasteiger partial charge in [-0.15, -0.1) is 0 Å². The van der Waals surface area contributed by atoms with Gasteiger partial charge in [0.25, 0.3) is 6.10 Å². The molecule has 0 aromatic carbocycles. The molecule has 180 valence electrons. The molecule has 0 bridgehead atoms. The highest BCUT2D eigenvalue weighted by atomic mass is 19.4. The Bertz CT molecular complexity index is 668. The molecular weight excluding hydrogens is 438 g/mol. The topological polar surface area (TPSA) is 78.9 Å². The third kappa shape index (κ3) is 11.6. The Morgan fingerprint density at radius 2 is 1.19 bits per heavy atom. The second-order valence-corrected chi connectivity index (χ2v) is 8.70. The summed E-state index contributed by atoms with van der Waals surface area (Å²) in [5.74, 6) is -5.38. The first-order chi connectivity index (χ1) is 13.5. The number of hydrogen-bond donors (Lipinski definition) is 0. The van der Waals surface area contributed by atoms with E-state index in [0.717, 1.165) is 0 Å². The molecule has 0 aliphatic heterocycles. The first-order valence-electron chi connectivity index (χ1n) is 9.00. The fourth-order valence-electron chi connectivity index (χ4n) is 2.10. The minimum absolute atomic E-state index is 0.652. The molecule has 1 unspecified atom stereocenters. The molecular formula is C19H26F6O6. The SMILES string of the molecule is C=C(CC(CC(=O)OC(C)(C)C)C(=O)OC(C)(C)C)C(=O)OC(C(F)(F)F)C(F)(F)F. The zero-order chi connectivity index (χ0) is 25.0. The Morgan fingerprint density at radius 3 is 1.55 bits per heavy atom. The zero-order valence-electron chi connectivity index (χ0n) is 18.0. The maximum atomic E-state index is 12.6. The number of hydrogen-bond acceptors (Lipinski definition) is 6. The van der Waals surface area contributed by atoms with Crippen molar-refractivity contribution in [2.75, 3.05) is 0 Å². The Balaban J connectivity index is 5.52. The van der Waals surface area contributed by atoms with Crippen LogP contribution in [-0.4, -0.2) is 47.6 Å². The van der Waals surface area contributed by atoms with E-state index in [-0.39, 0.29) is 0 Å². The molecule has 0 aromatic heterocycles. The second kappa shape index (κ2) is 9.90. The highest BCUT2D eigenvalue weighted by molar-refractivity contribution is 5.89. The van der Waals surface area contributed by atoms with Crippen LogP contribution in [0.15, 0.2) is 12.2 Å². The van der Waals surface area contributed by atoms with Gasteiger partial charge in [0.05, 0.1) is 12.3 Å². The molecule has 12 heteroatoms. The van der Waals surface area contributed by atoms with Crippen molar-refractivity contribution >= 4 is 17.9 Å². The molecule has 0 heterocycles. The van der Waals surface area contributed by atoms with Crippen molar-refractivity contribution in [2.24, 2.45) is 5.92 Å². The zero-order valence-corrected chi connectivity index (χ0v) is 18.0. The van der Waals surface area contributed by atoms with Gasteiger partial charge in [-0.3, -0.25) is 9.59 Å². The number of carbonyl (C=O) groups excluding carboxylic acids is 3. The highest BCUT2D eigenvalue weighted by Crippen LogP contribution is 2.36. The number of rotatable bonds is 7. The van der Waals surface area contributed by atoms with Crippen LogP contribution in [0.2, 0.25) is 0 Å². The second-order valence-electron chi connectivity index (χ2n) is 8.70. The smallest absolute Gasteiger partial charge is 0.434 e. The summed E-state index contributed by atoms with van der Waals surface area (Å²) in [4.78, 5) is 36.2. The van der Waals surface area contributed by atoms with E-state index in [4.69, 9.17) is 9.47 Å². The lowest BCUT2D eigenvalue weighted by molar-refractivity contribution is -0.312. The van der Waals surface area contributed by atoms with Crippen LogP contribution in [0.3, 0.4) is 0 Å². The third-order valence-electron chi connectivity index (χ3n) is 3.17. The summed E-state index contributed by atoms with van der Waals surface area (Å²) in [5, 5.41) is 0. The summed E-state index contributed by atoms with van der Waals surface area (Å²) in [5.41, 5.74) is -2.83. The number of esters is 3. The fourth-order valence-corrected chi connectivity index (χ4v) is 2.10. The Kier molecular flexibility index (Phi) is 9.18. The van der Waals surface area contributed by atoms with Gasteiger partial charge in [0.1, 0.15) is 11.2 Å². The minimum atomic E-state index is -5.91. The van der Waals surface area contributed by atoms with E-state index in [2.05, 4.69) is 11.3 Å². The van der Waals surface area contributed by atoms with E-state index in [1.807, 2.05) is 0 Å². The van der Waals surface area contributed by atoms with Crippen LogP contribution in [0.25, 0.3) is 0 Å². The monoisotopic (exact) mass is 464 g/mol. The number of halogens is 6. The Hall–Kier alpha value is -2.27. The van der Waals surface area contributed by atoms with Crippen LogP contribution in [0.5, 0.6) is 0 Å². The molecule has 0 rings (SSSR count). The van der Waals surface area contributed by atoms with Crippen molar-refractivity contribution in [3.63, 3.8) is 0 Å². The van der Waals surface area contributed by atoms with Crippen molar-refractivity contribution in [1.82, 2.24) is 0 Å². The summed E-state index contributed by atoms with van der Waals surface area (Å²) in [6.45, 7) is 12.2. The number of carbonyl (C=O) groups is 3.